The normalized spacial score (nSPS) is 11.0. The average Bonchev–Trinajstić information content (AvgIpc) is 2.48. The van der Waals surface area contributed by atoms with Crippen molar-refractivity contribution in [1.29, 1.82) is 0 Å². The standard InChI is InChI=1S/C17H24Cl2N2O3/c1-4-24-17(23)11-21(10-12(2)3)8-7-16(22)20-15-9-13(18)5-6-14(15)19/h5-6,9,12H,4,7-8,10-11H2,1-3H3,(H,20,22). The maximum absolute atomic E-state index is 12.1. The van der Waals surface area contributed by atoms with Crippen molar-refractivity contribution in [2.45, 2.75) is 27.2 Å². The molecule has 24 heavy (non-hydrogen) atoms. The van der Waals surface area contributed by atoms with Crippen molar-refractivity contribution in [3.8, 4) is 0 Å². The summed E-state index contributed by atoms with van der Waals surface area (Å²) in [5.74, 6) is -0.0851. The number of nitrogens with zero attached hydrogens (tertiary/aromatic N) is 1. The molecular weight excluding hydrogens is 351 g/mol. The summed E-state index contributed by atoms with van der Waals surface area (Å²) < 4.78 is 4.97. The molecule has 0 aliphatic carbocycles. The quantitative estimate of drug-likeness (QED) is 0.667. The lowest BCUT2D eigenvalue weighted by Gasteiger charge is -2.23. The number of esters is 1. The molecule has 0 bridgehead atoms. The zero-order valence-corrected chi connectivity index (χ0v) is 15.8. The van der Waals surface area contributed by atoms with Crippen molar-refractivity contribution in [3.63, 3.8) is 0 Å². The second-order valence-electron chi connectivity index (χ2n) is 5.86. The Kier molecular flexibility index (Phi) is 9.11. The Hall–Kier alpha value is -1.30. The molecule has 1 aromatic rings. The van der Waals surface area contributed by atoms with Crippen molar-refractivity contribution in [2.24, 2.45) is 5.92 Å². The van der Waals surface area contributed by atoms with Crippen LogP contribution in [-0.2, 0) is 14.3 Å². The van der Waals surface area contributed by atoms with Crippen LogP contribution < -0.4 is 5.32 Å². The van der Waals surface area contributed by atoms with Gasteiger partial charge in [0.1, 0.15) is 0 Å². The molecule has 1 rings (SSSR count). The zero-order valence-electron chi connectivity index (χ0n) is 14.3. The molecule has 0 aliphatic heterocycles. The van der Waals surface area contributed by atoms with E-state index in [1.807, 2.05) is 4.90 Å². The van der Waals surface area contributed by atoms with Gasteiger partial charge < -0.3 is 10.1 Å². The van der Waals surface area contributed by atoms with Gasteiger partial charge in [-0.2, -0.15) is 0 Å². The van der Waals surface area contributed by atoms with Crippen molar-refractivity contribution < 1.29 is 14.3 Å². The zero-order chi connectivity index (χ0) is 18.1. The van der Waals surface area contributed by atoms with Crippen LogP contribution in [0.3, 0.4) is 0 Å². The smallest absolute Gasteiger partial charge is 0.320 e. The van der Waals surface area contributed by atoms with E-state index in [0.29, 0.717) is 41.3 Å². The largest absolute Gasteiger partial charge is 0.465 e. The van der Waals surface area contributed by atoms with Gasteiger partial charge in [0.2, 0.25) is 5.91 Å². The topological polar surface area (TPSA) is 58.6 Å². The number of hydrogen-bond donors (Lipinski definition) is 1. The van der Waals surface area contributed by atoms with Gasteiger partial charge in [0.15, 0.2) is 0 Å². The van der Waals surface area contributed by atoms with Gasteiger partial charge in [0.25, 0.3) is 0 Å². The fourth-order valence-electron chi connectivity index (χ4n) is 2.21. The summed E-state index contributed by atoms with van der Waals surface area (Å²) in [6.45, 7) is 7.59. The number of carbonyl (C=O) groups excluding carboxylic acids is 2. The lowest BCUT2D eigenvalue weighted by atomic mass is 10.2. The fraction of sp³-hybridized carbons (Fsp3) is 0.529. The van der Waals surface area contributed by atoms with Gasteiger partial charge >= 0.3 is 5.97 Å². The molecule has 1 N–H and O–H groups in total. The molecule has 7 heteroatoms. The molecule has 134 valence electrons. The summed E-state index contributed by atoms with van der Waals surface area (Å²) in [5, 5.41) is 3.67. The van der Waals surface area contributed by atoms with E-state index in [0.717, 1.165) is 0 Å². The van der Waals surface area contributed by atoms with Gasteiger partial charge in [-0.3, -0.25) is 14.5 Å². The minimum atomic E-state index is -0.281. The van der Waals surface area contributed by atoms with Gasteiger partial charge in [-0.25, -0.2) is 0 Å². The maximum atomic E-state index is 12.1. The van der Waals surface area contributed by atoms with E-state index in [2.05, 4.69) is 19.2 Å². The predicted octanol–water partition coefficient (Wildman–Crippen LogP) is 3.84. The van der Waals surface area contributed by atoms with Gasteiger partial charge in [0, 0.05) is 24.5 Å². The molecule has 5 nitrogen and oxygen atoms in total. The molecule has 0 radical (unpaired) electrons. The Balaban J connectivity index is 2.56. The number of ether oxygens (including phenoxy) is 1. The number of rotatable bonds is 9. The van der Waals surface area contributed by atoms with Crippen molar-refractivity contribution >= 4 is 40.8 Å². The molecule has 0 aromatic heterocycles. The summed E-state index contributed by atoms with van der Waals surface area (Å²) in [7, 11) is 0. The number of amides is 1. The number of halogens is 2. The molecule has 1 aromatic carbocycles. The molecule has 0 spiro atoms. The van der Waals surface area contributed by atoms with Crippen LogP contribution in [0.15, 0.2) is 18.2 Å². The molecule has 0 saturated heterocycles. The first-order valence-corrected chi connectivity index (χ1v) is 8.70. The minimum Gasteiger partial charge on any atom is -0.465 e. The number of carbonyl (C=O) groups is 2. The molecule has 0 aliphatic rings. The van der Waals surface area contributed by atoms with Crippen LogP contribution in [0.25, 0.3) is 0 Å². The summed E-state index contributed by atoms with van der Waals surface area (Å²) >= 11 is 11.9. The molecule has 0 unspecified atom stereocenters. The first kappa shape index (κ1) is 20.7. The van der Waals surface area contributed by atoms with Crippen LogP contribution in [-0.4, -0.2) is 43.0 Å². The molecule has 0 heterocycles. The molecule has 0 fully saturated rings. The van der Waals surface area contributed by atoms with Crippen LogP contribution in [0.1, 0.15) is 27.2 Å². The summed E-state index contributed by atoms with van der Waals surface area (Å²) in [6, 6.07) is 4.89. The van der Waals surface area contributed by atoms with E-state index >= 15 is 0 Å². The first-order chi connectivity index (χ1) is 11.3. The Bertz CT molecular complexity index is 565. The van der Waals surface area contributed by atoms with Crippen molar-refractivity contribution in [3.05, 3.63) is 28.2 Å². The van der Waals surface area contributed by atoms with E-state index < -0.39 is 0 Å². The summed E-state index contributed by atoms with van der Waals surface area (Å²) in [4.78, 5) is 25.7. The Morgan fingerprint density at radius 2 is 2.00 bits per heavy atom. The highest BCUT2D eigenvalue weighted by Gasteiger charge is 2.15. The second kappa shape index (κ2) is 10.5. The summed E-state index contributed by atoms with van der Waals surface area (Å²) in [6.07, 6.45) is 0.245. The van der Waals surface area contributed by atoms with Crippen LogP contribution >= 0.6 is 23.2 Å². The Morgan fingerprint density at radius 1 is 1.29 bits per heavy atom. The highest BCUT2D eigenvalue weighted by atomic mass is 35.5. The van der Waals surface area contributed by atoms with Gasteiger partial charge in [-0.15, -0.1) is 0 Å². The Labute approximate surface area is 153 Å². The molecule has 1 amide bonds. The van der Waals surface area contributed by atoms with Crippen LogP contribution in [0.5, 0.6) is 0 Å². The number of hydrogen-bond acceptors (Lipinski definition) is 4. The average molecular weight is 375 g/mol. The number of benzene rings is 1. The lowest BCUT2D eigenvalue weighted by Crippen LogP contribution is -2.36. The fourth-order valence-corrected chi connectivity index (χ4v) is 2.54. The van der Waals surface area contributed by atoms with Crippen molar-refractivity contribution in [2.75, 3.05) is 31.6 Å². The highest BCUT2D eigenvalue weighted by Crippen LogP contribution is 2.25. The van der Waals surface area contributed by atoms with E-state index in [1.54, 1.807) is 25.1 Å². The maximum Gasteiger partial charge on any atom is 0.320 e. The van der Waals surface area contributed by atoms with Gasteiger partial charge in [-0.05, 0) is 31.0 Å². The lowest BCUT2D eigenvalue weighted by molar-refractivity contribution is -0.144. The van der Waals surface area contributed by atoms with Crippen LogP contribution in [0.2, 0.25) is 10.0 Å². The van der Waals surface area contributed by atoms with E-state index in [1.165, 1.54) is 0 Å². The summed E-state index contributed by atoms with van der Waals surface area (Å²) in [5.41, 5.74) is 0.481. The number of nitrogens with one attached hydrogen (secondary N) is 1. The molecule has 0 atom stereocenters. The van der Waals surface area contributed by atoms with Crippen LogP contribution in [0, 0.1) is 5.92 Å². The predicted molar refractivity (Wildman–Crippen MR) is 97.6 cm³/mol. The minimum absolute atomic E-state index is 0.178. The second-order valence-corrected chi connectivity index (χ2v) is 6.70. The monoisotopic (exact) mass is 374 g/mol. The highest BCUT2D eigenvalue weighted by molar-refractivity contribution is 6.35. The van der Waals surface area contributed by atoms with E-state index in [4.69, 9.17) is 27.9 Å². The third-order valence-electron chi connectivity index (χ3n) is 3.14. The van der Waals surface area contributed by atoms with Gasteiger partial charge in [-0.1, -0.05) is 37.0 Å². The van der Waals surface area contributed by atoms with Crippen LogP contribution in [0.4, 0.5) is 5.69 Å². The Morgan fingerprint density at radius 3 is 2.62 bits per heavy atom. The first-order valence-electron chi connectivity index (χ1n) is 7.94. The van der Waals surface area contributed by atoms with E-state index in [9.17, 15) is 9.59 Å². The number of anilines is 1. The van der Waals surface area contributed by atoms with Crippen molar-refractivity contribution in [1.82, 2.24) is 4.90 Å². The van der Waals surface area contributed by atoms with E-state index in [-0.39, 0.29) is 24.8 Å². The third-order valence-corrected chi connectivity index (χ3v) is 3.70. The third kappa shape index (κ3) is 7.99. The van der Waals surface area contributed by atoms with Gasteiger partial charge in [0.05, 0.1) is 23.9 Å². The SMILES string of the molecule is CCOC(=O)CN(CCC(=O)Nc1cc(Cl)ccc1Cl)CC(C)C. The molecule has 0 saturated carbocycles. The molecular formula is C17H24Cl2N2O3.